The number of benzene rings is 2. The van der Waals surface area contributed by atoms with E-state index in [0.29, 0.717) is 40.8 Å². The maximum Gasteiger partial charge on any atom is 0.259 e. The number of piperidine rings is 1. The molecule has 9 heteroatoms. The summed E-state index contributed by atoms with van der Waals surface area (Å²) in [5, 5.41) is 13.1. The van der Waals surface area contributed by atoms with Crippen LogP contribution in [0.15, 0.2) is 47.0 Å². The average Bonchev–Trinajstić information content (AvgIpc) is 3.45. The van der Waals surface area contributed by atoms with E-state index in [0.717, 1.165) is 37.0 Å². The predicted octanol–water partition coefficient (Wildman–Crippen LogP) is 4.20. The van der Waals surface area contributed by atoms with E-state index in [2.05, 4.69) is 20.5 Å². The summed E-state index contributed by atoms with van der Waals surface area (Å²) in [7, 11) is 0. The molecule has 0 radical (unpaired) electrons. The number of hydrogen-bond donors (Lipinski definition) is 0. The number of likely N-dealkylation sites (tertiary alicyclic amines) is 1. The maximum absolute atomic E-state index is 12.4. The maximum atomic E-state index is 12.4. The summed E-state index contributed by atoms with van der Waals surface area (Å²) in [6.07, 6.45) is 3.82. The lowest BCUT2D eigenvalue weighted by Crippen LogP contribution is -2.36. The van der Waals surface area contributed by atoms with Crippen molar-refractivity contribution in [3.8, 4) is 22.8 Å². The second kappa shape index (κ2) is 8.47. The highest BCUT2D eigenvalue weighted by atomic mass is 35.5. The summed E-state index contributed by atoms with van der Waals surface area (Å²) in [5.41, 5.74) is 3.04. The van der Waals surface area contributed by atoms with Crippen molar-refractivity contribution in [2.75, 3.05) is 13.1 Å². The number of hydrogen-bond acceptors (Lipinski definition) is 6. The van der Waals surface area contributed by atoms with Crippen LogP contribution in [-0.2, 0) is 11.3 Å². The van der Waals surface area contributed by atoms with E-state index in [1.54, 1.807) is 10.7 Å². The normalized spacial score (nSPS) is 14.3. The lowest BCUT2D eigenvalue weighted by atomic mass is 10.1. The molecule has 5 rings (SSSR count). The largest absolute Gasteiger partial charge is 0.343 e. The molecule has 1 aliphatic rings. The van der Waals surface area contributed by atoms with E-state index in [9.17, 15) is 4.79 Å². The van der Waals surface area contributed by atoms with Crippen LogP contribution in [0.3, 0.4) is 0 Å². The molecular weight excluding hydrogens is 416 g/mol. The van der Waals surface area contributed by atoms with Crippen molar-refractivity contribution >= 4 is 28.5 Å². The van der Waals surface area contributed by atoms with Crippen molar-refractivity contribution in [3.63, 3.8) is 0 Å². The van der Waals surface area contributed by atoms with Gasteiger partial charge >= 0.3 is 0 Å². The molecule has 1 fully saturated rings. The highest BCUT2D eigenvalue weighted by Crippen LogP contribution is 2.29. The Labute approximate surface area is 183 Å². The zero-order valence-corrected chi connectivity index (χ0v) is 17.6. The van der Waals surface area contributed by atoms with Crippen LogP contribution in [-0.4, -0.2) is 49.0 Å². The van der Waals surface area contributed by atoms with E-state index < -0.39 is 0 Å². The molecule has 31 heavy (non-hydrogen) atoms. The summed E-state index contributed by atoms with van der Waals surface area (Å²) < 4.78 is 7.17. The van der Waals surface area contributed by atoms with Gasteiger partial charge in [-0.05, 0) is 49.6 Å². The van der Waals surface area contributed by atoms with Gasteiger partial charge in [-0.25, -0.2) is 4.68 Å². The standard InChI is InChI=1S/C22H21ClN6O2/c23-17-7-3-2-6-16(17)22-24-21(26-31-22)15-8-9-19-18(14-15)25-27-29(19)13-10-20(30)28-11-4-1-5-12-28/h2-3,6-9,14H,1,4-5,10-13H2. The van der Waals surface area contributed by atoms with Gasteiger partial charge in [-0.3, -0.25) is 4.79 Å². The molecule has 0 atom stereocenters. The van der Waals surface area contributed by atoms with E-state index >= 15 is 0 Å². The lowest BCUT2D eigenvalue weighted by molar-refractivity contribution is -0.132. The molecule has 8 nitrogen and oxygen atoms in total. The summed E-state index contributed by atoms with van der Waals surface area (Å²) in [5.74, 6) is 0.992. The van der Waals surface area contributed by atoms with E-state index in [-0.39, 0.29) is 5.91 Å². The number of rotatable bonds is 5. The van der Waals surface area contributed by atoms with Gasteiger partial charge in [-0.1, -0.05) is 34.1 Å². The molecule has 2 aromatic heterocycles. The van der Waals surface area contributed by atoms with Crippen molar-refractivity contribution < 1.29 is 9.32 Å². The van der Waals surface area contributed by atoms with E-state index in [1.807, 2.05) is 41.3 Å². The fourth-order valence-electron chi connectivity index (χ4n) is 3.86. The van der Waals surface area contributed by atoms with Crippen LogP contribution in [0.4, 0.5) is 0 Å². The molecule has 1 aliphatic heterocycles. The van der Waals surface area contributed by atoms with Gasteiger partial charge in [-0.2, -0.15) is 4.98 Å². The smallest absolute Gasteiger partial charge is 0.259 e. The second-order valence-electron chi connectivity index (χ2n) is 7.61. The van der Waals surface area contributed by atoms with Gasteiger partial charge in [0.1, 0.15) is 5.52 Å². The Bertz CT molecular complexity index is 1230. The Morgan fingerprint density at radius 1 is 1.10 bits per heavy atom. The molecule has 2 aromatic carbocycles. The highest BCUT2D eigenvalue weighted by molar-refractivity contribution is 6.33. The molecule has 158 valence electrons. The third kappa shape index (κ3) is 4.03. The lowest BCUT2D eigenvalue weighted by Gasteiger charge is -2.26. The second-order valence-corrected chi connectivity index (χ2v) is 8.02. The fraction of sp³-hybridized carbons (Fsp3) is 0.318. The molecule has 0 N–H and O–H groups in total. The van der Waals surface area contributed by atoms with Gasteiger partial charge in [-0.15, -0.1) is 5.10 Å². The van der Waals surface area contributed by atoms with Crippen LogP contribution in [0.2, 0.25) is 5.02 Å². The molecule has 0 aliphatic carbocycles. The number of aryl methyl sites for hydroxylation is 1. The molecular formula is C22H21ClN6O2. The predicted molar refractivity (Wildman–Crippen MR) is 116 cm³/mol. The number of fused-ring (bicyclic) bond motifs is 1. The summed E-state index contributed by atoms with van der Waals surface area (Å²) in [4.78, 5) is 18.9. The van der Waals surface area contributed by atoms with Gasteiger partial charge in [0, 0.05) is 25.1 Å². The van der Waals surface area contributed by atoms with Gasteiger partial charge in [0.2, 0.25) is 11.7 Å². The average molecular weight is 437 g/mol. The number of amides is 1. The minimum absolute atomic E-state index is 0.180. The van der Waals surface area contributed by atoms with Crippen LogP contribution >= 0.6 is 11.6 Å². The van der Waals surface area contributed by atoms with Crippen LogP contribution in [0.25, 0.3) is 33.9 Å². The van der Waals surface area contributed by atoms with Crippen LogP contribution < -0.4 is 0 Å². The molecule has 1 saturated heterocycles. The number of nitrogens with zero attached hydrogens (tertiary/aromatic N) is 6. The van der Waals surface area contributed by atoms with Crippen LogP contribution in [0.5, 0.6) is 0 Å². The molecule has 0 bridgehead atoms. The number of halogens is 1. The van der Waals surface area contributed by atoms with Gasteiger partial charge in [0.25, 0.3) is 5.89 Å². The quantitative estimate of drug-likeness (QED) is 0.465. The number of aromatic nitrogens is 5. The molecule has 0 unspecified atom stereocenters. The molecule has 0 saturated carbocycles. The Morgan fingerprint density at radius 2 is 1.94 bits per heavy atom. The first kappa shape index (κ1) is 19.7. The molecule has 3 heterocycles. The van der Waals surface area contributed by atoms with Crippen molar-refractivity contribution in [2.45, 2.75) is 32.2 Å². The van der Waals surface area contributed by atoms with Gasteiger partial charge in [0.05, 0.1) is 22.6 Å². The van der Waals surface area contributed by atoms with E-state index in [4.69, 9.17) is 16.1 Å². The van der Waals surface area contributed by atoms with Crippen molar-refractivity contribution in [1.29, 1.82) is 0 Å². The first-order chi connectivity index (χ1) is 15.2. The molecule has 1 amide bonds. The van der Waals surface area contributed by atoms with Crippen molar-refractivity contribution in [2.24, 2.45) is 0 Å². The van der Waals surface area contributed by atoms with Gasteiger partial charge in [0.15, 0.2) is 0 Å². The van der Waals surface area contributed by atoms with Crippen LogP contribution in [0.1, 0.15) is 25.7 Å². The minimum Gasteiger partial charge on any atom is -0.343 e. The van der Waals surface area contributed by atoms with E-state index in [1.165, 1.54) is 6.42 Å². The Balaban J connectivity index is 1.33. The Morgan fingerprint density at radius 3 is 2.77 bits per heavy atom. The van der Waals surface area contributed by atoms with Gasteiger partial charge < -0.3 is 9.42 Å². The van der Waals surface area contributed by atoms with Crippen molar-refractivity contribution in [3.05, 3.63) is 47.5 Å². The first-order valence-corrected chi connectivity index (χ1v) is 10.8. The number of carbonyl (C=O) groups is 1. The minimum atomic E-state index is 0.180. The topological polar surface area (TPSA) is 89.9 Å². The highest BCUT2D eigenvalue weighted by Gasteiger charge is 2.18. The zero-order valence-electron chi connectivity index (χ0n) is 16.9. The number of carbonyl (C=O) groups excluding carboxylic acids is 1. The third-order valence-corrected chi connectivity index (χ3v) is 5.88. The third-order valence-electron chi connectivity index (χ3n) is 5.55. The summed E-state index contributed by atoms with van der Waals surface area (Å²) in [6.45, 7) is 2.23. The molecule has 4 aromatic rings. The fourth-order valence-corrected chi connectivity index (χ4v) is 4.08. The van der Waals surface area contributed by atoms with Crippen LogP contribution in [0, 0.1) is 0 Å². The SMILES string of the molecule is O=C(CCn1nnc2cc(-c3noc(-c4ccccc4Cl)n3)ccc21)N1CCCCC1. The molecule has 0 spiro atoms. The Hall–Kier alpha value is -3.26. The van der Waals surface area contributed by atoms with Crippen molar-refractivity contribution in [1.82, 2.24) is 30.0 Å². The zero-order chi connectivity index (χ0) is 21.2. The Kier molecular flexibility index (Phi) is 5.38. The summed E-state index contributed by atoms with van der Waals surface area (Å²) >= 11 is 6.22. The summed E-state index contributed by atoms with van der Waals surface area (Å²) in [6, 6.07) is 13.0. The first-order valence-electron chi connectivity index (χ1n) is 10.4. The monoisotopic (exact) mass is 436 g/mol.